The Kier molecular flexibility index (Phi) is 4.07. The van der Waals surface area contributed by atoms with E-state index in [-0.39, 0.29) is 4.90 Å². The summed E-state index contributed by atoms with van der Waals surface area (Å²) in [7, 11) is -3.60. The molecule has 0 fully saturated rings. The van der Waals surface area contributed by atoms with Crippen LogP contribution in [0.1, 0.15) is 11.3 Å². The van der Waals surface area contributed by atoms with Crippen LogP contribution in [0.5, 0.6) is 0 Å². The van der Waals surface area contributed by atoms with Gasteiger partial charge in [-0.15, -0.1) is 11.3 Å². The molecule has 1 aromatic heterocycles. The smallest absolute Gasteiger partial charge is 0.238 e. The highest BCUT2D eigenvalue weighted by molar-refractivity contribution is 7.89. The van der Waals surface area contributed by atoms with E-state index >= 15 is 0 Å². The largest absolute Gasteiger partial charge is 0.307 e. The number of nitrogens with one attached hydrogen (secondary N) is 1. The van der Waals surface area contributed by atoms with Crippen molar-refractivity contribution in [3.8, 4) is 0 Å². The Morgan fingerprint density at radius 1 is 1.22 bits per heavy atom. The fourth-order valence-electron chi connectivity index (χ4n) is 1.46. The third-order valence-electron chi connectivity index (χ3n) is 2.37. The maximum atomic E-state index is 11.1. The zero-order chi connectivity index (χ0) is 13.0. The first-order chi connectivity index (χ1) is 8.55. The van der Waals surface area contributed by atoms with Gasteiger partial charge in [0.1, 0.15) is 0 Å². The van der Waals surface area contributed by atoms with E-state index in [2.05, 4.69) is 10.3 Å². The number of rotatable bonds is 5. The Balaban J connectivity index is 1.91. The van der Waals surface area contributed by atoms with E-state index in [0.29, 0.717) is 13.1 Å². The molecule has 0 aliphatic carbocycles. The minimum Gasteiger partial charge on any atom is -0.307 e. The predicted molar refractivity (Wildman–Crippen MR) is 70.5 cm³/mol. The predicted octanol–water partition coefficient (Wildman–Crippen LogP) is 1.08. The highest BCUT2D eigenvalue weighted by Gasteiger charge is 2.06. The first-order valence-electron chi connectivity index (χ1n) is 5.25. The Labute approximate surface area is 110 Å². The van der Waals surface area contributed by atoms with E-state index in [1.165, 1.54) is 12.1 Å². The fraction of sp³-hybridized carbons (Fsp3) is 0.182. The van der Waals surface area contributed by atoms with Gasteiger partial charge in [-0.25, -0.2) is 18.5 Å². The molecule has 0 saturated heterocycles. The number of hydrogen-bond acceptors (Lipinski definition) is 5. The number of thiazole rings is 1. The topological polar surface area (TPSA) is 85.1 Å². The van der Waals surface area contributed by atoms with Crippen molar-refractivity contribution in [2.45, 2.75) is 18.0 Å². The van der Waals surface area contributed by atoms with Crippen molar-refractivity contribution in [3.63, 3.8) is 0 Å². The highest BCUT2D eigenvalue weighted by atomic mass is 32.2. The molecule has 0 radical (unpaired) electrons. The van der Waals surface area contributed by atoms with Gasteiger partial charge in [-0.1, -0.05) is 12.1 Å². The summed E-state index contributed by atoms with van der Waals surface area (Å²) in [5, 5.41) is 10.2. The monoisotopic (exact) mass is 283 g/mol. The number of nitrogens with zero attached hydrogens (tertiary/aromatic N) is 1. The number of nitrogens with two attached hydrogens (primary N) is 1. The molecule has 1 heterocycles. The van der Waals surface area contributed by atoms with Crippen LogP contribution in [0.25, 0.3) is 0 Å². The first-order valence-corrected chi connectivity index (χ1v) is 7.74. The zero-order valence-corrected chi connectivity index (χ0v) is 11.2. The van der Waals surface area contributed by atoms with E-state index in [0.717, 1.165) is 11.3 Å². The summed E-state index contributed by atoms with van der Waals surface area (Å²) < 4.78 is 22.1. The van der Waals surface area contributed by atoms with Gasteiger partial charge >= 0.3 is 0 Å². The van der Waals surface area contributed by atoms with Crippen molar-refractivity contribution in [1.29, 1.82) is 0 Å². The zero-order valence-electron chi connectivity index (χ0n) is 9.54. The lowest BCUT2D eigenvalue weighted by Crippen LogP contribution is -2.14. The molecule has 0 aliphatic rings. The number of benzene rings is 1. The molecule has 96 valence electrons. The van der Waals surface area contributed by atoms with Gasteiger partial charge in [-0.3, -0.25) is 0 Å². The summed E-state index contributed by atoms with van der Waals surface area (Å²) in [4.78, 5) is 4.28. The molecule has 7 heteroatoms. The molecule has 0 spiro atoms. The van der Waals surface area contributed by atoms with Crippen molar-refractivity contribution in [2.24, 2.45) is 5.14 Å². The van der Waals surface area contributed by atoms with Crippen LogP contribution >= 0.6 is 11.3 Å². The van der Waals surface area contributed by atoms with Gasteiger partial charge < -0.3 is 5.32 Å². The Morgan fingerprint density at radius 2 is 1.94 bits per heavy atom. The average molecular weight is 283 g/mol. The van der Waals surface area contributed by atoms with Crippen LogP contribution < -0.4 is 10.5 Å². The summed E-state index contributed by atoms with van der Waals surface area (Å²) in [5.74, 6) is 0. The van der Waals surface area contributed by atoms with E-state index in [1.54, 1.807) is 29.0 Å². The molecule has 0 atom stereocenters. The summed E-state index contributed by atoms with van der Waals surface area (Å²) in [6.45, 7) is 1.35. The molecule has 2 rings (SSSR count). The molecule has 0 unspecified atom stereocenters. The van der Waals surface area contributed by atoms with Crippen LogP contribution in [-0.2, 0) is 23.1 Å². The Bertz CT molecular complexity index is 592. The van der Waals surface area contributed by atoms with Gasteiger partial charge in [0.15, 0.2) is 0 Å². The molecule has 0 bridgehead atoms. The quantitative estimate of drug-likeness (QED) is 0.860. The van der Waals surface area contributed by atoms with E-state index in [9.17, 15) is 8.42 Å². The molecule has 0 saturated carbocycles. The van der Waals surface area contributed by atoms with Crippen molar-refractivity contribution in [2.75, 3.05) is 0 Å². The number of sulfonamides is 1. The van der Waals surface area contributed by atoms with Crippen LogP contribution in [0, 0.1) is 0 Å². The van der Waals surface area contributed by atoms with Crippen LogP contribution in [0.4, 0.5) is 0 Å². The van der Waals surface area contributed by atoms with Crippen LogP contribution in [0.15, 0.2) is 40.1 Å². The first kappa shape index (κ1) is 13.2. The third kappa shape index (κ3) is 3.61. The van der Waals surface area contributed by atoms with Crippen molar-refractivity contribution in [1.82, 2.24) is 10.3 Å². The van der Waals surface area contributed by atoms with Crippen LogP contribution in [0.2, 0.25) is 0 Å². The molecular formula is C11H13N3O2S2. The number of primary sulfonamides is 1. The van der Waals surface area contributed by atoms with Gasteiger partial charge in [0, 0.05) is 18.5 Å². The minimum atomic E-state index is -3.60. The van der Waals surface area contributed by atoms with Crippen LogP contribution in [-0.4, -0.2) is 13.4 Å². The molecule has 3 N–H and O–H groups in total. The average Bonchev–Trinajstić information content (AvgIpc) is 2.82. The summed E-state index contributed by atoms with van der Waals surface area (Å²) >= 11 is 1.56. The van der Waals surface area contributed by atoms with Gasteiger partial charge in [0.25, 0.3) is 0 Å². The van der Waals surface area contributed by atoms with Gasteiger partial charge in [0.2, 0.25) is 10.0 Å². The van der Waals surface area contributed by atoms with E-state index in [1.807, 2.05) is 5.38 Å². The van der Waals surface area contributed by atoms with Gasteiger partial charge in [0.05, 0.1) is 16.1 Å². The molecule has 0 amide bonds. The maximum absolute atomic E-state index is 11.1. The summed E-state index contributed by atoms with van der Waals surface area (Å²) in [6.07, 6.45) is 0. The van der Waals surface area contributed by atoms with Gasteiger partial charge in [-0.05, 0) is 17.7 Å². The number of aromatic nitrogens is 1. The van der Waals surface area contributed by atoms with E-state index in [4.69, 9.17) is 5.14 Å². The summed E-state index contributed by atoms with van der Waals surface area (Å²) in [5.41, 5.74) is 3.79. The third-order valence-corrected chi connectivity index (χ3v) is 3.94. The van der Waals surface area contributed by atoms with Crippen LogP contribution in [0.3, 0.4) is 0 Å². The lowest BCUT2D eigenvalue weighted by atomic mass is 10.2. The minimum absolute atomic E-state index is 0.130. The molecule has 2 aromatic rings. The molecule has 0 aliphatic heterocycles. The fourth-order valence-corrected chi connectivity index (χ4v) is 2.53. The van der Waals surface area contributed by atoms with Crippen molar-refractivity contribution >= 4 is 21.4 Å². The molecule has 5 nitrogen and oxygen atoms in total. The Hall–Kier alpha value is -1.28. The highest BCUT2D eigenvalue weighted by Crippen LogP contribution is 2.08. The van der Waals surface area contributed by atoms with Crippen molar-refractivity contribution < 1.29 is 8.42 Å². The lowest BCUT2D eigenvalue weighted by molar-refractivity contribution is 0.597. The molecular weight excluding hydrogens is 270 g/mol. The van der Waals surface area contributed by atoms with Crippen molar-refractivity contribution in [3.05, 3.63) is 46.4 Å². The van der Waals surface area contributed by atoms with Gasteiger partial charge in [-0.2, -0.15) is 0 Å². The second kappa shape index (κ2) is 5.57. The van der Waals surface area contributed by atoms with E-state index < -0.39 is 10.0 Å². The standard InChI is InChI=1S/C11H13N3O2S2/c12-18(15,16)11-3-1-9(2-4-11)5-13-6-10-7-17-8-14-10/h1-4,7-8,13H,5-6H2,(H2,12,15,16). The SMILES string of the molecule is NS(=O)(=O)c1ccc(CNCc2cscn2)cc1. The summed E-state index contributed by atoms with van der Waals surface area (Å²) in [6, 6.07) is 6.51. The molecule has 18 heavy (non-hydrogen) atoms. The Morgan fingerprint density at radius 3 is 2.50 bits per heavy atom. The second-order valence-corrected chi connectivity index (χ2v) is 6.05. The lowest BCUT2D eigenvalue weighted by Gasteiger charge is -2.04. The normalized spacial score (nSPS) is 11.6. The second-order valence-electron chi connectivity index (χ2n) is 3.77. The molecule has 1 aromatic carbocycles. The number of hydrogen-bond donors (Lipinski definition) is 2. The maximum Gasteiger partial charge on any atom is 0.238 e.